The molecule has 0 aromatic heterocycles. The van der Waals surface area contributed by atoms with Gasteiger partial charge >= 0.3 is 6.18 Å². The topological polar surface area (TPSA) is 57.2 Å². The summed E-state index contributed by atoms with van der Waals surface area (Å²) in [6, 6.07) is 5.20. The summed E-state index contributed by atoms with van der Waals surface area (Å²) in [5.41, 5.74) is -0.215. The highest BCUT2D eigenvalue weighted by Crippen LogP contribution is 2.32. The van der Waals surface area contributed by atoms with Crippen LogP contribution in [0.3, 0.4) is 0 Å². The van der Waals surface area contributed by atoms with Crippen molar-refractivity contribution in [2.24, 2.45) is 4.99 Å². The first-order valence-corrected chi connectivity index (χ1v) is 9.40. The minimum atomic E-state index is -4.39. The summed E-state index contributed by atoms with van der Waals surface area (Å²) in [6.07, 6.45) is -2.83. The summed E-state index contributed by atoms with van der Waals surface area (Å²) in [4.78, 5) is 20.2. The van der Waals surface area contributed by atoms with Crippen molar-refractivity contribution in [2.75, 3.05) is 46.4 Å². The van der Waals surface area contributed by atoms with E-state index in [9.17, 15) is 18.0 Å². The van der Waals surface area contributed by atoms with Crippen molar-refractivity contribution in [2.45, 2.75) is 25.1 Å². The maximum absolute atomic E-state index is 13.0. The van der Waals surface area contributed by atoms with E-state index in [1.54, 1.807) is 13.1 Å². The Hall–Kier alpha value is -1.56. The average Bonchev–Trinajstić information content (AvgIpc) is 3.23. The van der Waals surface area contributed by atoms with Gasteiger partial charge in [0.2, 0.25) is 5.91 Å². The minimum Gasteiger partial charge on any atom is -0.370 e. The van der Waals surface area contributed by atoms with Gasteiger partial charge < -0.3 is 19.9 Å². The second kappa shape index (κ2) is 10.5. The van der Waals surface area contributed by atoms with Crippen LogP contribution in [-0.2, 0) is 15.7 Å². The van der Waals surface area contributed by atoms with E-state index in [2.05, 4.69) is 10.3 Å². The first-order valence-electron chi connectivity index (χ1n) is 9.40. The lowest BCUT2D eigenvalue weighted by atomic mass is 10.0. The van der Waals surface area contributed by atoms with E-state index >= 15 is 0 Å². The molecule has 6 nitrogen and oxygen atoms in total. The van der Waals surface area contributed by atoms with Crippen LogP contribution in [0, 0.1) is 0 Å². The number of alkyl halides is 3. The lowest BCUT2D eigenvalue weighted by Gasteiger charge is -2.35. The minimum absolute atomic E-state index is 0. The number of nitrogens with zero attached hydrogens (tertiary/aromatic N) is 3. The number of nitrogens with one attached hydrogen (secondary N) is 1. The van der Waals surface area contributed by atoms with E-state index in [-0.39, 0.29) is 36.4 Å². The van der Waals surface area contributed by atoms with E-state index in [1.165, 1.54) is 6.07 Å². The molecule has 1 aromatic carbocycles. The Bertz CT molecular complexity index is 724. The van der Waals surface area contributed by atoms with Gasteiger partial charge in [-0.15, -0.1) is 24.0 Å². The third-order valence-electron chi connectivity index (χ3n) is 5.02. The molecule has 10 heteroatoms. The van der Waals surface area contributed by atoms with Crippen LogP contribution in [0.1, 0.15) is 30.1 Å². The molecule has 2 saturated heterocycles. The van der Waals surface area contributed by atoms with E-state index < -0.39 is 17.8 Å². The molecule has 2 aliphatic rings. The van der Waals surface area contributed by atoms with E-state index in [0.29, 0.717) is 31.2 Å². The highest BCUT2D eigenvalue weighted by molar-refractivity contribution is 14.0. The van der Waals surface area contributed by atoms with Crippen LogP contribution in [0.4, 0.5) is 13.2 Å². The second-order valence-electron chi connectivity index (χ2n) is 6.92. The van der Waals surface area contributed by atoms with Gasteiger partial charge in [0.25, 0.3) is 0 Å². The summed E-state index contributed by atoms with van der Waals surface area (Å²) in [6.45, 7) is 2.99. The number of likely N-dealkylation sites (tertiary alicyclic amines) is 1. The lowest BCUT2D eigenvalue weighted by Crippen LogP contribution is -2.50. The van der Waals surface area contributed by atoms with Crippen molar-refractivity contribution in [3.63, 3.8) is 0 Å². The van der Waals surface area contributed by atoms with E-state index in [1.807, 2.05) is 9.80 Å². The Labute approximate surface area is 185 Å². The molecule has 2 heterocycles. The Morgan fingerprint density at radius 3 is 2.62 bits per heavy atom. The largest absolute Gasteiger partial charge is 0.416 e. The van der Waals surface area contributed by atoms with Crippen LogP contribution < -0.4 is 5.32 Å². The van der Waals surface area contributed by atoms with Crippen LogP contribution in [0.25, 0.3) is 0 Å². The van der Waals surface area contributed by atoms with Gasteiger partial charge in [0.15, 0.2) is 5.96 Å². The molecule has 1 aromatic rings. The number of halogens is 4. The number of carbonyl (C=O) groups is 1. The molecule has 162 valence electrons. The molecule has 1 amide bonds. The van der Waals surface area contributed by atoms with Crippen molar-refractivity contribution in [1.82, 2.24) is 15.1 Å². The van der Waals surface area contributed by atoms with Crippen molar-refractivity contribution in [1.29, 1.82) is 0 Å². The first-order chi connectivity index (χ1) is 13.4. The molecular weight excluding hydrogens is 500 g/mol. The highest BCUT2D eigenvalue weighted by Gasteiger charge is 2.32. The van der Waals surface area contributed by atoms with Crippen LogP contribution in [0.15, 0.2) is 29.3 Å². The summed E-state index contributed by atoms with van der Waals surface area (Å²) in [5, 5.41) is 3.07. The fraction of sp³-hybridized carbons (Fsp3) is 0.579. The van der Waals surface area contributed by atoms with Crippen LogP contribution >= 0.6 is 24.0 Å². The quantitative estimate of drug-likeness (QED) is 0.374. The molecule has 0 aliphatic carbocycles. The van der Waals surface area contributed by atoms with Crippen LogP contribution in [0.5, 0.6) is 0 Å². The zero-order valence-corrected chi connectivity index (χ0v) is 18.6. The second-order valence-corrected chi connectivity index (χ2v) is 6.92. The summed E-state index contributed by atoms with van der Waals surface area (Å²) < 4.78 is 44.6. The number of carbonyl (C=O) groups excluding carboxylic acids is 1. The van der Waals surface area contributed by atoms with Crippen LogP contribution in [-0.4, -0.2) is 68.0 Å². The molecule has 1 N–H and O–H groups in total. The smallest absolute Gasteiger partial charge is 0.370 e. The predicted molar refractivity (Wildman–Crippen MR) is 114 cm³/mol. The van der Waals surface area contributed by atoms with Crippen molar-refractivity contribution < 1.29 is 22.7 Å². The Morgan fingerprint density at radius 2 is 1.97 bits per heavy atom. The third-order valence-corrected chi connectivity index (χ3v) is 5.02. The number of morpholine rings is 1. The number of guanidine groups is 1. The maximum atomic E-state index is 13.0. The van der Waals surface area contributed by atoms with Gasteiger partial charge in [-0.3, -0.25) is 9.79 Å². The fourth-order valence-corrected chi connectivity index (χ4v) is 3.52. The highest BCUT2D eigenvalue weighted by atomic mass is 127. The van der Waals surface area contributed by atoms with Crippen molar-refractivity contribution in [3.05, 3.63) is 35.4 Å². The zero-order valence-electron chi connectivity index (χ0n) is 16.2. The van der Waals surface area contributed by atoms with Gasteiger partial charge in [0.1, 0.15) is 6.10 Å². The Morgan fingerprint density at radius 1 is 1.24 bits per heavy atom. The number of hydrogen-bond donors (Lipinski definition) is 1. The van der Waals surface area contributed by atoms with Crippen molar-refractivity contribution >= 4 is 35.8 Å². The van der Waals surface area contributed by atoms with Gasteiger partial charge in [-0.1, -0.05) is 12.1 Å². The Kier molecular flexibility index (Phi) is 8.56. The predicted octanol–water partition coefficient (Wildman–Crippen LogP) is 2.89. The third kappa shape index (κ3) is 6.21. The molecule has 0 spiro atoms. The molecule has 2 fully saturated rings. The fourth-order valence-electron chi connectivity index (χ4n) is 3.52. The average molecular weight is 526 g/mol. The number of benzene rings is 1. The number of amides is 1. The van der Waals surface area contributed by atoms with Gasteiger partial charge in [-0.25, -0.2) is 0 Å². The summed E-state index contributed by atoms with van der Waals surface area (Å²) in [7, 11) is 1.62. The van der Waals surface area contributed by atoms with Gasteiger partial charge in [-0.05, 0) is 30.5 Å². The number of aliphatic imine (C=N–C) groups is 1. The molecule has 3 rings (SSSR count). The van der Waals surface area contributed by atoms with Gasteiger partial charge in [-0.2, -0.15) is 13.2 Å². The molecule has 0 radical (unpaired) electrons. The normalized spacial score (nSPS) is 20.4. The summed E-state index contributed by atoms with van der Waals surface area (Å²) in [5.74, 6) is 0.578. The zero-order chi connectivity index (χ0) is 20.1. The lowest BCUT2D eigenvalue weighted by molar-refractivity contribution is -0.137. The maximum Gasteiger partial charge on any atom is 0.416 e. The number of hydrogen-bond acceptors (Lipinski definition) is 3. The molecular formula is C19H26F3IN4O2. The molecule has 29 heavy (non-hydrogen) atoms. The molecule has 0 bridgehead atoms. The van der Waals surface area contributed by atoms with Gasteiger partial charge in [0, 0.05) is 26.7 Å². The van der Waals surface area contributed by atoms with E-state index in [0.717, 1.165) is 38.1 Å². The number of ether oxygens (including phenoxy) is 1. The van der Waals surface area contributed by atoms with Crippen LogP contribution in [0.2, 0.25) is 0 Å². The first kappa shape index (κ1) is 23.7. The molecule has 1 atom stereocenters. The molecule has 2 aliphatic heterocycles. The molecule has 0 saturated carbocycles. The Balaban J connectivity index is 0.00000300. The SMILES string of the molecule is CN=C(NCC(=O)N1CCCC1)N1CCOC(c2cccc(C(F)(F)F)c2)C1.I. The molecule has 1 unspecified atom stereocenters. The standard InChI is InChI=1S/C19H25F3N4O2.HI/c1-23-18(24-12-17(27)25-7-2-3-8-25)26-9-10-28-16(13-26)14-5-4-6-15(11-14)19(20,21)22;/h4-6,11,16H,2-3,7-10,12-13H2,1H3,(H,23,24);1H. The summed E-state index contributed by atoms with van der Waals surface area (Å²) >= 11 is 0. The number of rotatable bonds is 3. The van der Waals surface area contributed by atoms with Gasteiger partial charge in [0.05, 0.1) is 25.3 Å². The van der Waals surface area contributed by atoms with E-state index in [4.69, 9.17) is 4.74 Å². The van der Waals surface area contributed by atoms with Crippen molar-refractivity contribution in [3.8, 4) is 0 Å². The monoisotopic (exact) mass is 526 g/mol.